The van der Waals surface area contributed by atoms with Crippen molar-refractivity contribution in [3.05, 3.63) is 105 Å². The van der Waals surface area contributed by atoms with Crippen LogP contribution in [0.3, 0.4) is 0 Å². The number of hydrogen-bond donors (Lipinski definition) is 0. The van der Waals surface area contributed by atoms with Gasteiger partial charge in [-0.25, -0.2) is 13.2 Å². The minimum atomic E-state index is -1.06. The minimum Gasteiger partial charge on any atom is -0.207 e. The highest BCUT2D eigenvalue weighted by molar-refractivity contribution is 5.49. The van der Waals surface area contributed by atoms with E-state index in [0.29, 0.717) is 23.1 Å². The third kappa shape index (κ3) is 5.09. The van der Waals surface area contributed by atoms with Crippen LogP contribution in [0.1, 0.15) is 46.7 Å². The van der Waals surface area contributed by atoms with Crippen molar-refractivity contribution in [2.75, 3.05) is 0 Å². The molecule has 29 heavy (non-hydrogen) atoms. The van der Waals surface area contributed by atoms with Crippen LogP contribution in [0.4, 0.5) is 13.2 Å². The third-order valence-corrected chi connectivity index (χ3v) is 4.39. The summed E-state index contributed by atoms with van der Waals surface area (Å²) in [7, 11) is 0. The summed E-state index contributed by atoms with van der Waals surface area (Å²) in [5.74, 6) is 8.30. The quantitative estimate of drug-likeness (QED) is 0.461. The maximum Gasteiger partial charge on any atom is 0.175 e. The molecule has 0 bridgehead atoms. The van der Waals surface area contributed by atoms with Gasteiger partial charge in [-0.15, -0.1) is 0 Å². The van der Waals surface area contributed by atoms with Crippen LogP contribution in [0, 0.1) is 48.1 Å². The maximum absolute atomic E-state index is 14.4. The molecule has 0 atom stereocenters. The Morgan fingerprint density at radius 1 is 0.690 bits per heavy atom. The van der Waals surface area contributed by atoms with E-state index < -0.39 is 11.6 Å². The smallest absolute Gasteiger partial charge is 0.175 e. The summed E-state index contributed by atoms with van der Waals surface area (Å²) in [6.07, 6.45) is 1.48. The van der Waals surface area contributed by atoms with E-state index in [0.717, 1.165) is 12.0 Å². The molecule has 0 heterocycles. The first-order chi connectivity index (χ1) is 14.0. The van der Waals surface area contributed by atoms with Gasteiger partial charge in [0.1, 0.15) is 5.82 Å². The van der Waals surface area contributed by atoms with E-state index in [1.807, 2.05) is 38.1 Å². The van der Waals surface area contributed by atoms with Gasteiger partial charge in [-0.05, 0) is 55.3 Å². The van der Waals surface area contributed by atoms with E-state index in [2.05, 4.69) is 23.7 Å². The van der Waals surface area contributed by atoms with Gasteiger partial charge in [0, 0.05) is 11.1 Å². The number of hydrogen-bond acceptors (Lipinski definition) is 0. The number of aryl methyl sites for hydroxylation is 2. The molecule has 0 radical (unpaired) electrons. The fourth-order valence-electron chi connectivity index (χ4n) is 2.76. The first-order valence-electron chi connectivity index (χ1n) is 9.35. The molecule has 0 amide bonds. The molecular formula is C26H19F3. The van der Waals surface area contributed by atoms with Crippen molar-refractivity contribution in [3.8, 4) is 23.7 Å². The molecule has 0 aliphatic heterocycles. The molecule has 3 rings (SSSR count). The molecule has 3 heteroatoms. The highest BCUT2D eigenvalue weighted by atomic mass is 19.2. The van der Waals surface area contributed by atoms with Crippen LogP contribution in [0.5, 0.6) is 0 Å². The Kier molecular flexibility index (Phi) is 6.43. The van der Waals surface area contributed by atoms with Crippen molar-refractivity contribution in [1.29, 1.82) is 0 Å². The van der Waals surface area contributed by atoms with Gasteiger partial charge in [0.15, 0.2) is 11.6 Å². The summed E-state index contributed by atoms with van der Waals surface area (Å²) in [6, 6.07) is 14.9. The average Bonchev–Trinajstić information content (AvgIpc) is 2.71. The van der Waals surface area contributed by atoms with Crippen LogP contribution in [0.25, 0.3) is 0 Å². The molecule has 0 aliphatic rings. The molecule has 0 aromatic heterocycles. The topological polar surface area (TPSA) is 0 Å². The second kappa shape index (κ2) is 9.18. The molecule has 3 aromatic carbocycles. The molecule has 144 valence electrons. The van der Waals surface area contributed by atoms with E-state index in [-0.39, 0.29) is 16.9 Å². The Morgan fingerprint density at radius 2 is 1.24 bits per heavy atom. The largest absolute Gasteiger partial charge is 0.207 e. The van der Waals surface area contributed by atoms with Gasteiger partial charge in [0.2, 0.25) is 0 Å². The molecule has 0 saturated heterocycles. The Hall–Kier alpha value is -3.43. The van der Waals surface area contributed by atoms with Crippen LogP contribution in [0.2, 0.25) is 0 Å². The lowest BCUT2D eigenvalue weighted by atomic mass is 10.1. The molecule has 3 aromatic rings. The highest BCUT2D eigenvalue weighted by Crippen LogP contribution is 2.16. The molecule has 0 fully saturated rings. The van der Waals surface area contributed by atoms with Crippen LogP contribution in [0.15, 0.2) is 54.6 Å². The zero-order chi connectivity index (χ0) is 20.8. The van der Waals surface area contributed by atoms with Crippen LogP contribution in [-0.4, -0.2) is 0 Å². The SMILES string of the molecule is CCCc1ccc(C#Cc2ccc(C#Cc3ccc(C)cc3)c(F)c2F)cc1F. The summed E-state index contributed by atoms with van der Waals surface area (Å²) < 4.78 is 42.7. The molecule has 0 N–H and O–H groups in total. The first-order valence-corrected chi connectivity index (χ1v) is 9.35. The lowest BCUT2D eigenvalue weighted by molar-refractivity contribution is 0.504. The molecule has 0 saturated carbocycles. The standard InChI is InChI=1S/C26H19F3/c1-3-4-21-12-10-20(17-24(21)27)11-14-23-16-15-22(25(28)26(23)29)13-9-19-7-5-18(2)6-8-19/h5-8,10,12,15-17H,3-4H2,1-2H3. The van der Waals surface area contributed by atoms with Crippen molar-refractivity contribution in [3.63, 3.8) is 0 Å². The predicted octanol–water partition coefficient (Wildman–Crippen LogP) is 6.16. The summed E-state index contributed by atoms with van der Waals surface area (Å²) in [6.45, 7) is 3.93. The third-order valence-electron chi connectivity index (χ3n) is 4.39. The van der Waals surface area contributed by atoms with Gasteiger partial charge in [0.05, 0.1) is 11.1 Å². The van der Waals surface area contributed by atoms with E-state index in [9.17, 15) is 13.2 Å². The highest BCUT2D eigenvalue weighted by Gasteiger charge is 2.11. The fourth-order valence-corrected chi connectivity index (χ4v) is 2.76. The van der Waals surface area contributed by atoms with E-state index in [4.69, 9.17) is 0 Å². The van der Waals surface area contributed by atoms with Crippen LogP contribution < -0.4 is 0 Å². The van der Waals surface area contributed by atoms with Crippen molar-refractivity contribution in [2.24, 2.45) is 0 Å². The monoisotopic (exact) mass is 388 g/mol. The van der Waals surface area contributed by atoms with Crippen LogP contribution in [-0.2, 0) is 6.42 Å². The summed E-state index contributed by atoms with van der Waals surface area (Å²) in [5, 5.41) is 0. The van der Waals surface area contributed by atoms with Gasteiger partial charge >= 0.3 is 0 Å². The zero-order valence-electron chi connectivity index (χ0n) is 16.2. The van der Waals surface area contributed by atoms with Crippen molar-refractivity contribution in [1.82, 2.24) is 0 Å². The minimum absolute atomic E-state index is 0.0383. The van der Waals surface area contributed by atoms with Crippen molar-refractivity contribution < 1.29 is 13.2 Å². The Balaban J connectivity index is 1.85. The Bertz CT molecular complexity index is 1150. The fraction of sp³-hybridized carbons (Fsp3) is 0.154. The lowest BCUT2D eigenvalue weighted by Gasteiger charge is -2.01. The maximum atomic E-state index is 14.4. The molecule has 0 nitrogen and oxygen atoms in total. The second-order valence-electron chi connectivity index (χ2n) is 6.71. The molecule has 0 aliphatic carbocycles. The number of halogens is 3. The summed E-state index contributed by atoms with van der Waals surface area (Å²) in [4.78, 5) is 0. The zero-order valence-corrected chi connectivity index (χ0v) is 16.2. The average molecular weight is 388 g/mol. The Labute approximate surface area is 169 Å². The summed E-state index contributed by atoms with van der Waals surface area (Å²) >= 11 is 0. The Morgan fingerprint density at radius 3 is 1.79 bits per heavy atom. The normalized spacial score (nSPS) is 9.97. The van der Waals surface area contributed by atoms with Crippen molar-refractivity contribution >= 4 is 0 Å². The number of rotatable bonds is 2. The lowest BCUT2D eigenvalue weighted by Crippen LogP contribution is -1.94. The molecule has 0 spiro atoms. The van der Waals surface area contributed by atoms with E-state index >= 15 is 0 Å². The predicted molar refractivity (Wildman–Crippen MR) is 110 cm³/mol. The second-order valence-corrected chi connectivity index (χ2v) is 6.71. The van der Waals surface area contributed by atoms with Crippen LogP contribution >= 0.6 is 0 Å². The van der Waals surface area contributed by atoms with Gasteiger partial charge in [0.25, 0.3) is 0 Å². The first kappa shape index (κ1) is 20.3. The van der Waals surface area contributed by atoms with E-state index in [1.165, 1.54) is 18.2 Å². The van der Waals surface area contributed by atoms with Gasteiger partial charge in [-0.1, -0.05) is 60.8 Å². The van der Waals surface area contributed by atoms with Crippen molar-refractivity contribution in [2.45, 2.75) is 26.7 Å². The van der Waals surface area contributed by atoms with Gasteiger partial charge in [-0.3, -0.25) is 0 Å². The van der Waals surface area contributed by atoms with E-state index in [1.54, 1.807) is 12.1 Å². The van der Waals surface area contributed by atoms with Gasteiger partial charge in [-0.2, -0.15) is 0 Å². The molecular weight excluding hydrogens is 369 g/mol. The molecule has 0 unspecified atom stereocenters. The summed E-state index contributed by atoms with van der Waals surface area (Å²) in [5.41, 5.74) is 2.70. The van der Waals surface area contributed by atoms with Gasteiger partial charge < -0.3 is 0 Å². The number of benzene rings is 3.